The van der Waals surface area contributed by atoms with Gasteiger partial charge in [0.25, 0.3) is 5.56 Å². The molecule has 1 aromatic rings. The Morgan fingerprint density at radius 1 is 1.35 bits per heavy atom. The number of aryl methyl sites for hydroxylation is 1. The molecule has 0 amide bonds. The van der Waals surface area contributed by atoms with Crippen LogP contribution in [0.2, 0.25) is 0 Å². The summed E-state index contributed by atoms with van der Waals surface area (Å²) in [4.78, 5) is 23.6. The molecule has 20 heavy (non-hydrogen) atoms. The zero-order valence-corrected chi connectivity index (χ0v) is 12.3. The number of aromatic nitrogens is 2. The number of hydrogen-bond acceptors (Lipinski definition) is 5. The maximum atomic E-state index is 11.7. The van der Waals surface area contributed by atoms with Crippen molar-refractivity contribution in [2.75, 3.05) is 44.2 Å². The summed E-state index contributed by atoms with van der Waals surface area (Å²) in [7, 11) is 0. The summed E-state index contributed by atoms with van der Waals surface area (Å²) in [5, 5.41) is 0. The van der Waals surface area contributed by atoms with Crippen molar-refractivity contribution in [3.05, 3.63) is 22.2 Å². The number of H-pyrrole nitrogens is 1. The van der Waals surface area contributed by atoms with Crippen LogP contribution in [0.4, 0.5) is 5.82 Å². The van der Waals surface area contributed by atoms with Gasteiger partial charge in [0.1, 0.15) is 11.6 Å². The second-order valence-electron chi connectivity index (χ2n) is 5.23. The maximum absolute atomic E-state index is 11.7. The molecule has 1 aliphatic heterocycles. The molecular weight excluding hydrogens is 254 g/mol. The van der Waals surface area contributed by atoms with Gasteiger partial charge in [0.2, 0.25) is 0 Å². The predicted molar refractivity (Wildman–Crippen MR) is 81.2 cm³/mol. The molecule has 112 valence electrons. The lowest BCUT2D eigenvalue weighted by molar-refractivity contribution is 0.291. The molecule has 0 aliphatic carbocycles. The van der Waals surface area contributed by atoms with Crippen LogP contribution in [0, 0.1) is 0 Å². The van der Waals surface area contributed by atoms with Gasteiger partial charge in [0.15, 0.2) is 0 Å². The highest BCUT2D eigenvalue weighted by Gasteiger charge is 2.16. The topological polar surface area (TPSA) is 78.2 Å². The highest BCUT2D eigenvalue weighted by atomic mass is 16.1. The summed E-state index contributed by atoms with van der Waals surface area (Å²) >= 11 is 0. The van der Waals surface area contributed by atoms with E-state index in [0.717, 1.165) is 70.2 Å². The molecule has 0 aromatic carbocycles. The third-order valence-electron chi connectivity index (χ3n) is 3.70. The molecule has 0 atom stereocenters. The summed E-state index contributed by atoms with van der Waals surface area (Å²) in [6.07, 6.45) is 2.89. The molecule has 3 N–H and O–H groups in total. The van der Waals surface area contributed by atoms with Gasteiger partial charge in [-0.2, -0.15) is 0 Å². The quantitative estimate of drug-likeness (QED) is 0.804. The molecule has 0 unspecified atom stereocenters. The fourth-order valence-electron chi connectivity index (χ4n) is 2.56. The summed E-state index contributed by atoms with van der Waals surface area (Å²) in [6, 6.07) is 1.61. The van der Waals surface area contributed by atoms with E-state index in [9.17, 15) is 4.79 Å². The van der Waals surface area contributed by atoms with Gasteiger partial charge < -0.3 is 20.5 Å². The van der Waals surface area contributed by atoms with Crippen LogP contribution in [0.5, 0.6) is 0 Å². The number of rotatable bonds is 5. The second-order valence-corrected chi connectivity index (χ2v) is 5.23. The zero-order chi connectivity index (χ0) is 14.4. The van der Waals surface area contributed by atoms with E-state index < -0.39 is 0 Å². The van der Waals surface area contributed by atoms with Crippen molar-refractivity contribution in [3.8, 4) is 0 Å². The van der Waals surface area contributed by atoms with Gasteiger partial charge in [-0.3, -0.25) is 4.79 Å². The zero-order valence-electron chi connectivity index (χ0n) is 12.3. The van der Waals surface area contributed by atoms with Crippen molar-refractivity contribution in [2.45, 2.75) is 26.2 Å². The van der Waals surface area contributed by atoms with Crippen molar-refractivity contribution < 1.29 is 0 Å². The molecule has 1 saturated heterocycles. The number of hydrogen-bond donors (Lipinski definition) is 2. The highest BCUT2D eigenvalue weighted by Crippen LogP contribution is 2.12. The van der Waals surface area contributed by atoms with Crippen LogP contribution in [0.15, 0.2) is 10.9 Å². The normalized spacial score (nSPS) is 17.2. The van der Waals surface area contributed by atoms with Crippen LogP contribution in [0.1, 0.15) is 25.6 Å². The smallest absolute Gasteiger partial charge is 0.252 e. The number of nitrogens with one attached hydrogen (secondary N) is 1. The first-order valence-electron chi connectivity index (χ1n) is 7.50. The van der Waals surface area contributed by atoms with Crippen LogP contribution in [0.3, 0.4) is 0 Å². The first-order valence-corrected chi connectivity index (χ1v) is 7.50. The average Bonchev–Trinajstić information content (AvgIpc) is 2.70. The lowest BCUT2D eigenvalue weighted by atomic mass is 10.3. The molecule has 6 nitrogen and oxygen atoms in total. The third-order valence-corrected chi connectivity index (χ3v) is 3.70. The minimum atomic E-state index is -0.0592. The summed E-state index contributed by atoms with van der Waals surface area (Å²) in [6.45, 7) is 7.79. The van der Waals surface area contributed by atoms with Crippen molar-refractivity contribution >= 4 is 5.82 Å². The first kappa shape index (κ1) is 15.0. The van der Waals surface area contributed by atoms with Crippen molar-refractivity contribution in [1.29, 1.82) is 0 Å². The minimum absolute atomic E-state index is 0.0592. The molecule has 2 heterocycles. The predicted octanol–water partition coefficient (Wildman–Crippen LogP) is 0.193. The molecule has 2 rings (SSSR count). The molecular formula is C14H25N5O. The van der Waals surface area contributed by atoms with E-state index in [1.165, 1.54) is 0 Å². The molecule has 1 aromatic heterocycles. The monoisotopic (exact) mass is 279 g/mol. The van der Waals surface area contributed by atoms with Crippen molar-refractivity contribution in [1.82, 2.24) is 14.9 Å². The van der Waals surface area contributed by atoms with Crippen LogP contribution < -0.4 is 16.2 Å². The van der Waals surface area contributed by atoms with E-state index in [1.54, 1.807) is 6.07 Å². The fraction of sp³-hybridized carbons (Fsp3) is 0.714. The van der Waals surface area contributed by atoms with Crippen molar-refractivity contribution in [2.24, 2.45) is 5.73 Å². The molecule has 6 heteroatoms. The fourth-order valence-corrected chi connectivity index (χ4v) is 2.56. The summed E-state index contributed by atoms with van der Waals surface area (Å²) < 4.78 is 0. The Morgan fingerprint density at radius 3 is 2.95 bits per heavy atom. The standard InChI is InChI=1S/C14H25N5O/c1-2-12-16-13(11-14(20)17-12)19-8-4-7-18(9-10-19)6-3-5-15/h11H,2-10,15H2,1H3,(H,16,17,20). The van der Waals surface area contributed by atoms with Crippen LogP contribution in [-0.2, 0) is 6.42 Å². The number of aromatic amines is 1. The first-order chi connectivity index (χ1) is 9.72. The summed E-state index contributed by atoms with van der Waals surface area (Å²) in [5.41, 5.74) is 5.51. The van der Waals surface area contributed by atoms with Crippen LogP contribution >= 0.6 is 0 Å². The van der Waals surface area contributed by atoms with Gasteiger partial charge >= 0.3 is 0 Å². The Balaban J connectivity index is 2.03. The Kier molecular flexibility index (Phi) is 5.55. The Hall–Kier alpha value is -1.40. The Labute approximate surface area is 120 Å². The van der Waals surface area contributed by atoms with Gasteiger partial charge in [-0.25, -0.2) is 4.98 Å². The molecule has 1 fully saturated rings. The molecule has 0 saturated carbocycles. The van der Waals surface area contributed by atoms with Gasteiger partial charge in [-0.15, -0.1) is 0 Å². The number of anilines is 1. The highest BCUT2D eigenvalue weighted by molar-refractivity contribution is 5.37. The Morgan fingerprint density at radius 2 is 2.20 bits per heavy atom. The molecule has 1 aliphatic rings. The average molecular weight is 279 g/mol. The third kappa shape index (κ3) is 4.05. The van der Waals surface area contributed by atoms with Gasteiger partial charge in [0, 0.05) is 32.1 Å². The molecule has 0 bridgehead atoms. The van der Waals surface area contributed by atoms with E-state index in [0.29, 0.717) is 0 Å². The van der Waals surface area contributed by atoms with E-state index in [-0.39, 0.29) is 5.56 Å². The van der Waals surface area contributed by atoms with Gasteiger partial charge in [-0.05, 0) is 32.5 Å². The Bertz CT molecular complexity index is 473. The lowest BCUT2D eigenvalue weighted by Gasteiger charge is -2.22. The summed E-state index contributed by atoms with van der Waals surface area (Å²) in [5.74, 6) is 1.57. The van der Waals surface area contributed by atoms with Gasteiger partial charge in [0.05, 0.1) is 0 Å². The maximum Gasteiger partial charge on any atom is 0.252 e. The van der Waals surface area contributed by atoms with E-state index in [4.69, 9.17) is 5.73 Å². The minimum Gasteiger partial charge on any atom is -0.355 e. The molecule has 0 radical (unpaired) electrons. The number of nitrogens with zero attached hydrogens (tertiary/aromatic N) is 3. The number of nitrogens with two attached hydrogens (primary N) is 1. The van der Waals surface area contributed by atoms with Crippen molar-refractivity contribution in [3.63, 3.8) is 0 Å². The van der Waals surface area contributed by atoms with E-state index in [2.05, 4.69) is 19.8 Å². The largest absolute Gasteiger partial charge is 0.355 e. The molecule has 0 spiro atoms. The SMILES string of the molecule is CCc1nc(N2CCCN(CCCN)CC2)cc(=O)[nH]1. The second kappa shape index (κ2) is 7.40. The van der Waals surface area contributed by atoms with Crippen LogP contribution in [-0.4, -0.2) is 54.1 Å². The van der Waals surface area contributed by atoms with E-state index in [1.807, 2.05) is 6.92 Å². The van der Waals surface area contributed by atoms with E-state index >= 15 is 0 Å². The van der Waals surface area contributed by atoms with Crippen LogP contribution in [0.25, 0.3) is 0 Å². The lowest BCUT2D eigenvalue weighted by Crippen LogP contribution is -2.33. The van der Waals surface area contributed by atoms with Gasteiger partial charge in [-0.1, -0.05) is 6.92 Å².